The van der Waals surface area contributed by atoms with Gasteiger partial charge in [0.2, 0.25) is 0 Å². The lowest BCUT2D eigenvalue weighted by Gasteiger charge is -2.12. The second kappa shape index (κ2) is 7.79. The molecule has 0 fully saturated rings. The fraction of sp³-hybridized carbons (Fsp3) is 0.500. The Morgan fingerprint density at radius 3 is 2.62 bits per heavy atom. The van der Waals surface area contributed by atoms with Crippen LogP contribution in [-0.2, 0) is 15.7 Å². The zero-order chi connectivity index (χ0) is 15.9. The Labute approximate surface area is 119 Å². The van der Waals surface area contributed by atoms with E-state index in [1.165, 1.54) is 7.11 Å². The third-order valence-electron chi connectivity index (χ3n) is 2.42. The van der Waals surface area contributed by atoms with Crippen molar-refractivity contribution in [2.24, 2.45) is 5.73 Å². The highest BCUT2D eigenvalue weighted by Gasteiger charge is 2.33. The Bertz CT molecular complexity index is 481. The first-order chi connectivity index (χ1) is 9.86. The number of halogens is 3. The van der Waals surface area contributed by atoms with Crippen molar-refractivity contribution in [3.05, 3.63) is 23.4 Å². The van der Waals surface area contributed by atoms with E-state index < -0.39 is 17.8 Å². The average molecular weight is 307 g/mol. The van der Waals surface area contributed by atoms with Gasteiger partial charge in [0.25, 0.3) is 5.91 Å². The van der Waals surface area contributed by atoms with Gasteiger partial charge in [-0.3, -0.25) is 4.79 Å². The van der Waals surface area contributed by atoms with Crippen molar-refractivity contribution >= 4 is 11.7 Å². The first kappa shape index (κ1) is 17.2. The van der Waals surface area contributed by atoms with Gasteiger partial charge in [-0.2, -0.15) is 13.2 Å². The van der Waals surface area contributed by atoms with Crippen molar-refractivity contribution in [2.45, 2.75) is 6.18 Å². The Balaban J connectivity index is 2.71. The van der Waals surface area contributed by atoms with Crippen molar-refractivity contribution in [1.29, 1.82) is 0 Å². The zero-order valence-electron chi connectivity index (χ0n) is 11.4. The summed E-state index contributed by atoms with van der Waals surface area (Å²) in [5.41, 5.74) is 3.88. The SMILES string of the molecule is COCCOCCNc1nc(C(F)(F)F)ccc1C(N)=O. The maximum absolute atomic E-state index is 12.6. The number of nitrogens with two attached hydrogens (primary N) is 1. The van der Waals surface area contributed by atoms with E-state index in [1.807, 2.05) is 0 Å². The van der Waals surface area contributed by atoms with E-state index >= 15 is 0 Å². The van der Waals surface area contributed by atoms with Gasteiger partial charge in [-0.1, -0.05) is 0 Å². The summed E-state index contributed by atoms with van der Waals surface area (Å²) in [7, 11) is 1.52. The van der Waals surface area contributed by atoms with Crippen LogP contribution in [0.2, 0.25) is 0 Å². The quantitative estimate of drug-likeness (QED) is 0.706. The molecule has 0 aliphatic rings. The van der Waals surface area contributed by atoms with Crippen molar-refractivity contribution in [1.82, 2.24) is 4.98 Å². The lowest BCUT2D eigenvalue weighted by Crippen LogP contribution is -2.20. The Morgan fingerprint density at radius 1 is 1.33 bits per heavy atom. The summed E-state index contributed by atoms with van der Waals surface area (Å²) < 4.78 is 47.7. The van der Waals surface area contributed by atoms with Crippen LogP contribution < -0.4 is 11.1 Å². The van der Waals surface area contributed by atoms with Crippen LogP contribution in [0, 0.1) is 0 Å². The van der Waals surface area contributed by atoms with Crippen molar-refractivity contribution in [3.8, 4) is 0 Å². The number of aromatic nitrogens is 1. The van der Waals surface area contributed by atoms with E-state index in [-0.39, 0.29) is 24.5 Å². The molecule has 0 bridgehead atoms. The molecule has 0 saturated heterocycles. The minimum Gasteiger partial charge on any atom is -0.382 e. The number of nitrogens with zero attached hydrogens (tertiary/aromatic N) is 1. The summed E-state index contributed by atoms with van der Waals surface area (Å²) in [5.74, 6) is -1.08. The largest absolute Gasteiger partial charge is 0.433 e. The highest BCUT2D eigenvalue weighted by Crippen LogP contribution is 2.29. The van der Waals surface area contributed by atoms with Gasteiger partial charge < -0.3 is 20.5 Å². The van der Waals surface area contributed by atoms with Crippen LogP contribution in [0.5, 0.6) is 0 Å². The van der Waals surface area contributed by atoms with E-state index in [0.29, 0.717) is 19.3 Å². The minimum absolute atomic E-state index is 0.111. The highest BCUT2D eigenvalue weighted by molar-refractivity contribution is 5.97. The van der Waals surface area contributed by atoms with Crippen LogP contribution in [0.1, 0.15) is 16.1 Å². The van der Waals surface area contributed by atoms with Crippen LogP contribution in [0.25, 0.3) is 0 Å². The molecule has 0 spiro atoms. The molecule has 6 nitrogen and oxygen atoms in total. The van der Waals surface area contributed by atoms with Crippen LogP contribution in [0.3, 0.4) is 0 Å². The van der Waals surface area contributed by atoms with Crippen molar-refractivity contribution < 1.29 is 27.4 Å². The molecule has 0 aromatic carbocycles. The molecular weight excluding hydrogens is 291 g/mol. The average Bonchev–Trinajstić information content (AvgIpc) is 2.41. The smallest absolute Gasteiger partial charge is 0.382 e. The Kier molecular flexibility index (Phi) is 6.38. The molecule has 0 aliphatic carbocycles. The molecule has 1 aromatic rings. The van der Waals surface area contributed by atoms with E-state index in [4.69, 9.17) is 15.2 Å². The lowest BCUT2D eigenvalue weighted by molar-refractivity contribution is -0.141. The predicted octanol–water partition coefficient (Wildman–Crippen LogP) is 1.27. The lowest BCUT2D eigenvalue weighted by atomic mass is 10.2. The van der Waals surface area contributed by atoms with Gasteiger partial charge in [-0.25, -0.2) is 4.98 Å². The molecular formula is C12H16F3N3O3. The van der Waals surface area contributed by atoms with Crippen molar-refractivity contribution in [3.63, 3.8) is 0 Å². The molecule has 21 heavy (non-hydrogen) atoms. The van der Waals surface area contributed by atoms with Crippen LogP contribution in [0.4, 0.5) is 19.0 Å². The molecule has 0 unspecified atom stereocenters. The number of nitrogens with one attached hydrogen (secondary N) is 1. The predicted molar refractivity (Wildman–Crippen MR) is 68.9 cm³/mol. The normalized spacial score (nSPS) is 11.4. The van der Waals surface area contributed by atoms with E-state index in [1.54, 1.807) is 0 Å². The highest BCUT2D eigenvalue weighted by atomic mass is 19.4. The number of carbonyl (C=O) groups excluding carboxylic acids is 1. The van der Waals surface area contributed by atoms with Crippen molar-refractivity contribution in [2.75, 3.05) is 38.8 Å². The minimum atomic E-state index is -4.60. The molecule has 118 valence electrons. The summed E-state index contributed by atoms with van der Waals surface area (Å²) >= 11 is 0. The monoisotopic (exact) mass is 307 g/mol. The first-order valence-corrected chi connectivity index (χ1v) is 6.05. The molecule has 1 aromatic heterocycles. The zero-order valence-corrected chi connectivity index (χ0v) is 11.4. The number of alkyl halides is 3. The molecule has 0 saturated carbocycles. The molecule has 9 heteroatoms. The molecule has 0 radical (unpaired) electrons. The number of ether oxygens (including phenoxy) is 2. The number of hydrogen-bond donors (Lipinski definition) is 2. The molecule has 1 rings (SSSR count). The number of amides is 1. The second-order valence-electron chi connectivity index (χ2n) is 3.99. The molecule has 0 atom stereocenters. The number of pyridine rings is 1. The summed E-state index contributed by atoms with van der Waals surface area (Å²) in [5, 5.41) is 2.61. The maximum Gasteiger partial charge on any atom is 0.433 e. The third-order valence-corrected chi connectivity index (χ3v) is 2.42. The van der Waals surface area contributed by atoms with E-state index in [0.717, 1.165) is 6.07 Å². The van der Waals surface area contributed by atoms with Crippen LogP contribution in [0.15, 0.2) is 12.1 Å². The summed E-state index contributed by atoms with van der Waals surface area (Å²) in [6.45, 7) is 1.17. The fourth-order valence-corrected chi connectivity index (χ4v) is 1.44. The number of hydrogen-bond acceptors (Lipinski definition) is 5. The van der Waals surface area contributed by atoms with Gasteiger partial charge in [0.1, 0.15) is 11.5 Å². The van der Waals surface area contributed by atoms with E-state index in [2.05, 4.69) is 10.3 Å². The van der Waals surface area contributed by atoms with E-state index in [9.17, 15) is 18.0 Å². The summed E-state index contributed by atoms with van der Waals surface area (Å²) in [4.78, 5) is 14.6. The van der Waals surface area contributed by atoms with Crippen LogP contribution in [-0.4, -0.2) is 44.4 Å². The van der Waals surface area contributed by atoms with Gasteiger partial charge in [-0.05, 0) is 12.1 Å². The second-order valence-corrected chi connectivity index (χ2v) is 3.99. The molecule has 3 N–H and O–H groups in total. The maximum atomic E-state index is 12.6. The molecule has 1 heterocycles. The van der Waals surface area contributed by atoms with Gasteiger partial charge in [-0.15, -0.1) is 0 Å². The summed E-state index contributed by atoms with van der Waals surface area (Å²) in [6.07, 6.45) is -4.60. The topological polar surface area (TPSA) is 86.5 Å². The first-order valence-electron chi connectivity index (χ1n) is 6.05. The number of carbonyl (C=O) groups is 1. The van der Waals surface area contributed by atoms with Crippen LogP contribution >= 0.6 is 0 Å². The number of methoxy groups -OCH3 is 1. The standard InChI is InChI=1S/C12H16F3N3O3/c1-20-6-7-21-5-4-17-11-8(10(16)19)2-3-9(18-11)12(13,14)15/h2-3H,4-7H2,1H3,(H2,16,19)(H,17,18). The fourth-order valence-electron chi connectivity index (χ4n) is 1.44. The number of primary amides is 1. The third kappa shape index (κ3) is 5.56. The van der Waals surface area contributed by atoms with Gasteiger partial charge >= 0.3 is 6.18 Å². The Hall–Kier alpha value is -1.87. The Morgan fingerprint density at radius 2 is 2.05 bits per heavy atom. The summed E-state index contributed by atoms with van der Waals surface area (Å²) in [6, 6.07) is 1.70. The molecule has 0 aliphatic heterocycles. The number of anilines is 1. The van der Waals surface area contributed by atoms with Gasteiger partial charge in [0, 0.05) is 13.7 Å². The number of rotatable bonds is 8. The van der Waals surface area contributed by atoms with Gasteiger partial charge in [0.05, 0.1) is 25.4 Å². The molecule has 1 amide bonds. The van der Waals surface area contributed by atoms with Gasteiger partial charge in [0.15, 0.2) is 0 Å².